The maximum Gasteiger partial charge on any atom is 0.388 e. The van der Waals surface area contributed by atoms with E-state index in [1.165, 1.54) is 16.4 Å². The van der Waals surface area contributed by atoms with Crippen LogP contribution in [0.5, 0.6) is 0 Å². The fourth-order valence-electron chi connectivity index (χ4n) is 6.33. The van der Waals surface area contributed by atoms with Crippen molar-refractivity contribution in [3.8, 4) is 0 Å². The number of hydrogen-bond acceptors (Lipinski definition) is 3. The predicted molar refractivity (Wildman–Crippen MR) is 205 cm³/mol. The predicted octanol–water partition coefficient (Wildman–Crippen LogP) is 7.99. The molecule has 3 nitrogen and oxygen atoms in total. The lowest BCUT2D eigenvalue weighted by atomic mass is 9.37. The maximum absolute atomic E-state index is 3.69. The zero-order valence-corrected chi connectivity index (χ0v) is 29.1. The van der Waals surface area contributed by atoms with E-state index in [1.54, 1.807) is 0 Å². The van der Waals surface area contributed by atoms with Crippen LogP contribution < -0.4 is 30.6 Å². The van der Waals surface area contributed by atoms with Crippen molar-refractivity contribution >= 4 is 102 Å². The molecule has 0 aliphatic carbocycles. The molecule has 0 aromatic heterocycles. The molecule has 7 rings (SSSR count). The Morgan fingerprint density at radius 3 is 0.733 bits per heavy atom. The Morgan fingerprint density at radius 2 is 0.511 bits per heavy atom. The van der Waals surface area contributed by atoms with E-state index in [1.807, 2.05) is 0 Å². The zero-order valence-electron chi connectivity index (χ0n) is 24.3. The van der Waals surface area contributed by atoms with E-state index < -0.39 is 0 Å². The van der Waals surface area contributed by atoms with Gasteiger partial charge < -0.3 is 14.2 Å². The van der Waals surface area contributed by atoms with Gasteiger partial charge in [-0.3, -0.25) is 0 Å². The van der Waals surface area contributed by atoms with Crippen molar-refractivity contribution in [3.63, 3.8) is 0 Å². The summed E-state index contributed by atoms with van der Waals surface area (Å²) in [4.78, 5) is 0. The lowest BCUT2D eigenvalue weighted by Crippen LogP contribution is -2.86. The third-order valence-corrected chi connectivity index (χ3v) is 9.83. The van der Waals surface area contributed by atoms with Crippen LogP contribution in [0.4, 0.5) is 17.1 Å². The highest BCUT2D eigenvalue weighted by Gasteiger charge is 2.55. The molecule has 0 atom stereocenters. The van der Waals surface area contributed by atoms with Crippen LogP contribution in [0.1, 0.15) is 0 Å². The van der Waals surface area contributed by atoms with Gasteiger partial charge in [-0.2, -0.15) is 0 Å². The van der Waals surface area contributed by atoms with Gasteiger partial charge in [0.05, 0.1) is 0 Å². The molecule has 1 fully saturated rings. The summed E-state index contributed by atoms with van der Waals surface area (Å²) in [5.74, 6) is 0. The lowest BCUT2D eigenvalue weighted by molar-refractivity contribution is 1.29. The third-order valence-electron chi connectivity index (χ3n) is 8.25. The molecule has 6 aromatic carbocycles. The lowest BCUT2D eigenvalue weighted by Gasteiger charge is -2.57. The summed E-state index contributed by atoms with van der Waals surface area (Å²) in [6.07, 6.45) is 0. The van der Waals surface area contributed by atoms with Crippen molar-refractivity contribution < 1.29 is 0 Å². The highest BCUT2D eigenvalue weighted by atomic mass is 79.9. The molecule has 9 heteroatoms. The van der Waals surface area contributed by atoms with Gasteiger partial charge in [0.15, 0.2) is 0 Å². The Kier molecular flexibility index (Phi) is 8.93. The smallest absolute Gasteiger partial charge is 0.388 e. The van der Waals surface area contributed by atoms with E-state index in [-0.39, 0.29) is 20.9 Å². The van der Waals surface area contributed by atoms with Crippen LogP contribution in [0.3, 0.4) is 0 Å². The third kappa shape index (κ3) is 6.14. The van der Waals surface area contributed by atoms with Crippen molar-refractivity contribution in [2.75, 3.05) is 14.2 Å². The molecule has 1 heterocycles. The molecular formula is C36H27B3Br3N3. The molecule has 0 amide bonds. The van der Waals surface area contributed by atoms with Crippen molar-refractivity contribution in [2.24, 2.45) is 0 Å². The maximum atomic E-state index is 3.69. The molecule has 6 aromatic rings. The minimum absolute atomic E-state index is 0.157. The summed E-state index contributed by atoms with van der Waals surface area (Å²) in [5, 5.41) is 0. The highest BCUT2D eigenvalue weighted by Crippen LogP contribution is 2.35. The summed E-state index contributed by atoms with van der Waals surface area (Å²) in [6.45, 7) is -0.470. The minimum Gasteiger partial charge on any atom is -0.416 e. The molecule has 0 radical (unpaired) electrons. The Hall–Kier alpha value is -3.65. The number of nitrogens with zero attached hydrogens (tertiary/aromatic N) is 3. The molecule has 1 aliphatic heterocycles. The standard InChI is InChI=1S/C36H27B3Br3N3/c40-31-16-22-34(23-17-31)43-37(28-10-4-1-5-11-28)44(35-24-18-32(41)19-25-35)39(30-14-8-3-9-15-30)45(36-26-20-33(42)21-27-36)38(43)29-12-6-2-7-13-29/h1-27H. The van der Waals surface area contributed by atoms with Gasteiger partial charge in [0.25, 0.3) is 0 Å². The fraction of sp³-hybridized carbons (Fsp3) is 0. The van der Waals surface area contributed by atoms with Gasteiger partial charge in [0, 0.05) is 30.5 Å². The van der Waals surface area contributed by atoms with Gasteiger partial charge in [-0.15, -0.1) is 0 Å². The second-order valence-corrected chi connectivity index (χ2v) is 13.8. The van der Waals surface area contributed by atoms with Crippen LogP contribution in [0, 0.1) is 0 Å². The largest absolute Gasteiger partial charge is 0.416 e. The Bertz CT molecular complexity index is 1620. The van der Waals surface area contributed by atoms with Gasteiger partial charge in [0.2, 0.25) is 0 Å². The zero-order chi connectivity index (χ0) is 30.8. The van der Waals surface area contributed by atoms with E-state index in [4.69, 9.17) is 0 Å². The molecule has 1 aliphatic rings. The number of anilines is 3. The molecule has 0 spiro atoms. The van der Waals surface area contributed by atoms with Gasteiger partial charge in [-0.1, -0.05) is 139 Å². The van der Waals surface area contributed by atoms with E-state index in [0.717, 1.165) is 30.5 Å². The second kappa shape index (κ2) is 13.4. The van der Waals surface area contributed by atoms with Crippen LogP contribution >= 0.6 is 47.8 Å². The summed E-state index contributed by atoms with van der Waals surface area (Å²) in [7, 11) is 0. The van der Waals surface area contributed by atoms with Gasteiger partial charge in [-0.25, -0.2) is 0 Å². The Balaban J connectivity index is 1.60. The first-order chi connectivity index (χ1) is 22.1. The molecular weight excluding hydrogens is 747 g/mol. The van der Waals surface area contributed by atoms with E-state index >= 15 is 0 Å². The second-order valence-electron chi connectivity index (χ2n) is 11.0. The average molecular weight is 774 g/mol. The SMILES string of the molecule is Brc1ccc(N2B(c3ccccc3)N(c3ccc(Br)cc3)B(c3ccccc3)N(c3ccc(Br)cc3)B2c2ccccc2)cc1. The monoisotopic (exact) mass is 771 g/mol. The van der Waals surface area contributed by atoms with Crippen LogP contribution in [0.2, 0.25) is 0 Å². The molecule has 1 saturated heterocycles. The molecule has 0 N–H and O–H groups in total. The molecule has 45 heavy (non-hydrogen) atoms. The van der Waals surface area contributed by atoms with Crippen molar-refractivity contribution in [1.82, 2.24) is 0 Å². The number of rotatable bonds is 6. The summed E-state index contributed by atoms with van der Waals surface area (Å²) in [5.41, 5.74) is 6.99. The van der Waals surface area contributed by atoms with Crippen LogP contribution in [-0.2, 0) is 0 Å². The first kappa shape index (κ1) is 30.0. The van der Waals surface area contributed by atoms with E-state index in [0.29, 0.717) is 0 Å². The van der Waals surface area contributed by atoms with Gasteiger partial charge in [-0.05, 0) is 89.2 Å². The minimum atomic E-state index is -0.157. The molecule has 0 bridgehead atoms. The number of hydrogen-bond donors (Lipinski definition) is 0. The Labute approximate surface area is 291 Å². The van der Waals surface area contributed by atoms with Crippen molar-refractivity contribution in [1.29, 1.82) is 0 Å². The average Bonchev–Trinajstić information content (AvgIpc) is 3.09. The van der Waals surface area contributed by atoms with Gasteiger partial charge in [0.1, 0.15) is 0 Å². The quantitative estimate of drug-likeness (QED) is 0.159. The highest BCUT2D eigenvalue weighted by molar-refractivity contribution is 9.11. The first-order valence-corrected chi connectivity index (χ1v) is 17.2. The topological polar surface area (TPSA) is 9.72 Å². The van der Waals surface area contributed by atoms with Crippen LogP contribution in [-0.4, -0.2) is 20.9 Å². The number of halogens is 3. The van der Waals surface area contributed by atoms with Gasteiger partial charge >= 0.3 is 20.9 Å². The Morgan fingerprint density at radius 1 is 0.289 bits per heavy atom. The summed E-state index contributed by atoms with van der Waals surface area (Å²) >= 11 is 11.1. The van der Waals surface area contributed by atoms with E-state index in [2.05, 4.69) is 226 Å². The number of benzene rings is 6. The first-order valence-electron chi connectivity index (χ1n) is 14.8. The van der Waals surface area contributed by atoms with Crippen molar-refractivity contribution in [2.45, 2.75) is 0 Å². The van der Waals surface area contributed by atoms with Crippen LogP contribution in [0.15, 0.2) is 177 Å². The van der Waals surface area contributed by atoms with E-state index in [9.17, 15) is 0 Å². The molecule has 216 valence electrons. The molecule has 0 unspecified atom stereocenters. The van der Waals surface area contributed by atoms with Crippen LogP contribution in [0.25, 0.3) is 0 Å². The van der Waals surface area contributed by atoms with Crippen molar-refractivity contribution in [3.05, 3.63) is 177 Å². The molecule has 0 saturated carbocycles. The summed E-state index contributed by atoms with van der Waals surface area (Å²) in [6, 6.07) is 58.8. The normalized spacial score (nSPS) is 13.4. The fourth-order valence-corrected chi connectivity index (χ4v) is 7.12. The summed E-state index contributed by atoms with van der Waals surface area (Å²) < 4.78 is 10.9.